The maximum Gasteiger partial charge on any atom is 1.00 e. The number of ether oxygens (including phenoxy) is 2. The van der Waals surface area contributed by atoms with E-state index in [0.717, 1.165) is 77.9 Å². The van der Waals surface area contributed by atoms with Gasteiger partial charge < -0.3 is 10.9 Å². The van der Waals surface area contributed by atoms with Crippen molar-refractivity contribution in [3.8, 4) is 33.8 Å². The molecule has 254 valence electrons. The van der Waals surface area contributed by atoms with Gasteiger partial charge in [0, 0.05) is 20.1 Å². The Labute approximate surface area is 350 Å². The van der Waals surface area contributed by atoms with Gasteiger partial charge >= 0.3 is 51.4 Å². The average Bonchev–Trinajstić information content (AvgIpc) is 3.64. The molecule has 49 heavy (non-hydrogen) atoms. The third-order valence-corrected chi connectivity index (χ3v) is 8.48. The molecule has 2 aromatic heterocycles. The normalized spacial score (nSPS) is 11.4. The van der Waals surface area contributed by atoms with E-state index in [-0.39, 0.29) is 65.0 Å². The van der Waals surface area contributed by atoms with Gasteiger partial charge in [-0.1, -0.05) is 64.1 Å². The molecule has 0 bridgehead atoms. The Morgan fingerprint density at radius 1 is 0.510 bits per heavy atom. The van der Waals surface area contributed by atoms with Crippen LogP contribution in [0.1, 0.15) is 56.8 Å². The largest absolute Gasteiger partial charge is 1.00 e. The Morgan fingerprint density at radius 2 is 0.837 bits per heavy atom. The van der Waals surface area contributed by atoms with Crippen LogP contribution >= 0.6 is 31.9 Å². The minimum absolute atomic E-state index is 0. The molecular weight excluding hydrogens is 771 g/mol. The van der Waals surface area contributed by atoms with E-state index < -0.39 is 0 Å². The predicted molar refractivity (Wildman–Crippen MR) is 204 cm³/mol. The topological polar surface area (TPSA) is 79.9 Å². The van der Waals surface area contributed by atoms with Crippen molar-refractivity contribution in [1.29, 1.82) is 0 Å². The molecule has 0 amide bonds. The van der Waals surface area contributed by atoms with Gasteiger partial charge in [0.2, 0.25) is 0 Å². The third-order valence-electron chi connectivity index (χ3n) is 7.20. The monoisotopic (exact) mass is 814 g/mol. The van der Waals surface area contributed by atoms with Gasteiger partial charge in [-0.15, -0.1) is 0 Å². The molecule has 0 aliphatic carbocycles. The summed E-state index contributed by atoms with van der Waals surface area (Å²) in [4.78, 5) is 3.58. The van der Waals surface area contributed by atoms with E-state index in [2.05, 4.69) is 106 Å². The molecule has 0 atom stereocenters. The molecule has 0 fully saturated rings. The first kappa shape index (κ1) is 39.7. The van der Waals surface area contributed by atoms with Crippen molar-refractivity contribution in [2.24, 2.45) is 11.8 Å². The van der Waals surface area contributed by atoms with Crippen LogP contribution in [0.25, 0.3) is 44.3 Å². The summed E-state index contributed by atoms with van der Waals surface area (Å²) < 4.78 is 13.6. The maximum absolute atomic E-state index is 5.81. The summed E-state index contributed by atoms with van der Waals surface area (Å²) >= 11 is 6.95. The molecule has 0 radical (unpaired) electrons. The van der Waals surface area contributed by atoms with Crippen LogP contribution in [0.4, 0.5) is 0 Å². The van der Waals surface area contributed by atoms with Crippen LogP contribution in [0.5, 0.6) is 11.5 Å². The van der Waals surface area contributed by atoms with Crippen LogP contribution in [-0.4, -0.2) is 42.2 Å². The number of rotatable bonds is 10. The van der Waals surface area contributed by atoms with Crippen molar-refractivity contribution in [2.75, 3.05) is 0 Å². The van der Waals surface area contributed by atoms with E-state index in [9.17, 15) is 0 Å². The van der Waals surface area contributed by atoms with E-state index in [1.54, 1.807) is 4.80 Å². The summed E-state index contributed by atoms with van der Waals surface area (Å²) in [6, 6.07) is 24.6. The number of hydrogen-bond acceptors (Lipinski definition) is 6. The zero-order valence-corrected chi connectivity index (χ0v) is 36.2. The second-order valence-corrected chi connectivity index (χ2v) is 15.0. The van der Waals surface area contributed by atoms with E-state index in [4.69, 9.17) is 19.7 Å². The molecule has 0 saturated carbocycles. The second-order valence-electron chi connectivity index (χ2n) is 13.3. The molecule has 0 aliphatic rings. The van der Waals surface area contributed by atoms with Gasteiger partial charge in [-0.25, -0.2) is 0 Å². The standard InChI is InChI=1S/C28H33N3O2.C10H11Br2N3.K.H/c1-18(2)17-31-29-27-25(21-7-11-23(12-8-21)32-19(3)4)15-16-26(28(27)30-31)22-9-13-24(14-10-22)33-20(5)6;1-6(2)5-15-13-9-7(11)3-4-8(12)10(9)14-15;;/h7-16,18-20H,17H2,1-6H3;3-4,6H,5H2,1-2H3;;/q;;+1;-1. The Morgan fingerprint density at radius 3 is 1.14 bits per heavy atom. The molecule has 11 heteroatoms. The van der Waals surface area contributed by atoms with Crippen molar-refractivity contribution < 1.29 is 62.3 Å². The smallest absolute Gasteiger partial charge is 1.00 e. The zero-order valence-electron chi connectivity index (χ0n) is 30.9. The van der Waals surface area contributed by atoms with Crippen molar-refractivity contribution in [3.63, 3.8) is 0 Å². The number of halogens is 2. The molecular formula is C38H45Br2KN6O2. The zero-order chi connectivity index (χ0) is 34.5. The Bertz CT molecular complexity index is 1850. The molecule has 6 aromatic rings. The van der Waals surface area contributed by atoms with Crippen molar-refractivity contribution >= 4 is 53.9 Å². The van der Waals surface area contributed by atoms with Gasteiger partial charge in [0.25, 0.3) is 0 Å². The first-order chi connectivity index (χ1) is 22.9. The summed E-state index contributed by atoms with van der Waals surface area (Å²) in [6.07, 6.45) is 0.296. The van der Waals surface area contributed by atoms with Crippen LogP contribution in [0.2, 0.25) is 0 Å². The summed E-state index contributed by atoms with van der Waals surface area (Å²) in [6.45, 7) is 18.4. The van der Waals surface area contributed by atoms with Crippen LogP contribution in [0, 0.1) is 11.8 Å². The summed E-state index contributed by atoms with van der Waals surface area (Å²) in [5, 5.41) is 18.7. The van der Waals surface area contributed by atoms with Crippen LogP contribution in [0.3, 0.4) is 0 Å². The van der Waals surface area contributed by atoms with Gasteiger partial charge in [-0.2, -0.15) is 30.0 Å². The number of benzene rings is 4. The second kappa shape index (κ2) is 17.9. The van der Waals surface area contributed by atoms with Gasteiger partial charge in [0.05, 0.1) is 25.3 Å². The molecule has 0 unspecified atom stereocenters. The number of hydrogen-bond donors (Lipinski definition) is 0. The molecule has 0 N–H and O–H groups in total. The van der Waals surface area contributed by atoms with E-state index in [1.807, 2.05) is 68.9 Å². The first-order valence-electron chi connectivity index (χ1n) is 16.5. The number of aromatic nitrogens is 6. The van der Waals surface area contributed by atoms with E-state index in [0.29, 0.717) is 11.8 Å². The maximum atomic E-state index is 5.81. The molecule has 0 spiro atoms. The van der Waals surface area contributed by atoms with Gasteiger partial charge in [-0.3, -0.25) is 0 Å². The Balaban J connectivity index is 0.000000335. The predicted octanol–water partition coefficient (Wildman–Crippen LogP) is 7.72. The summed E-state index contributed by atoms with van der Waals surface area (Å²) in [5.41, 5.74) is 7.97. The van der Waals surface area contributed by atoms with Crippen molar-refractivity contribution in [2.45, 2.75) is 80.7 Å². The SMILES string of the molecule is CC(C)Cn1nc2c(-c3ccc(OC(C)C)cc3)ccc(-c3ccc(OC(C)C)cc3)c2n1.CC(C)Cn1nc2c(Br)ccc(Br)c2n1.[H-].[K+]. The molecule has 4 aromatic carbocycles. The van der Waals surface area contributed by atoms with Gasteiger partial charge in [0.1, 0.15) is 33.6 Å². The third kappa shape index (κ3) is 10.5. The quantitative estimate of drug-likeness (QED) is 0.132. The van der Waals surface area contributed by atoms with E-state index >= 15 is 0 Å². The molecule has 8 nitrogen and oxygen atoms in total. The number of fused-ring (bicyclic) bond motifs is 2. The van der Waals surface area contributed by atoms with Crippen molar-refractivity contribution in [1.82, 2.24) is 30.0 Å². The molecule has 2 heterocycles. The fraction of sp³-hybridized carbons (Fsp3) is 0.368. The molecule has 0 aliphatic heterocycles. The molecule has 0 saturated heterocycles. The average molecular weight is 817 g/mol. The summed E-state index contributed by atoms with van der Waals surface area (Å²) in [5.74, 6) is 2.74. The Hall–Kier alpha value is -2.12. The van der Waals surface area contributed by atoms with Crippen LogP contribution in [-0.2, 0) is 13.1 Å². The number of nitrogens with zero attached hydrogens (tertiary/aromatic N) is 6. The fourth-order valence-electron chi connectivity index (χ4n) is 5.26. The van der Waals surface area contributed by atoms with Gasteiger partial charge in [0.15, 0.2) is 0 Å². The van der Waals surface area contributed by atoms with E-state index in [1.165, 1.54) is 0 Å². The van der Waals surface area contributed by atoms with Crippen LogP contribution in [0.15, 0.2) is 81.7 Å². The van der Waals surface area contributed by atoms with Crippen LogP contribution < -0.4 is 60.9 Å². The fourth-order valence-corrected chi connectivity index (χ4v) is 6.06. The first-order valence-corrected chi connectivity index (χ1v) is 18.1. The minimum atomic E-state index is 0. The van der Waals surface area contributed by atoms with Crippen molar-refractivity contribution in [3.05, 3.63) is 81.7 Å². The Kier molecular flexibility index (Phi) is 14.5. The molecule has 6 rings (SSSR count). The summed E-state index contributed by atoms with van der Waals surface area (Å²) in [7, 11) is 0. The minimum Gasteiger partial charge on any atom is -1.00 e. The van der Waals surface area contributed by atoms with Gasteiger partial charge in [-0.05, 0) is 119 Å².